The number of para-hydroxylation sites is 2. The van der Waals surface area contributed by atoms with E-state index in [1.807, 2.05) is 38.1 Å². The molecular weight excluding hydrogens is 318 g/mol. The van der Waals surface area contributed by atoms with Crippen molar-refractivity contribution in [2.45, 2.75) is 13.8 Å². The molecule has 0 aliphatic heterocycles. The fourth-order valence-electron chi connectivity index (χ4n) is 2.83. The molecular formula is C20H19NO4. The number of Topliss-reactive ketones (excluding diaryl/α,β-unsaturated/α-hetero) is 1. The molecule has 0 aliphatic carbocycles. The Bertz CT molecular complexity index is 926. The first-order chi connectivity index (χ1) is 12.1. The summed E-state index contributed by atoms with van der Waals surface area (Å²) in [5, 5.41) is 0.829. The second-order valence-corrected chi connectivity index (χ2v) is 5.60. The molecule has 0 aliphatic rings. The molecule has 25 heavy (non-hydrogen) atoms. The van der Waals surface area contributed by atoms with Gasteiger partial charge in [0.2, 0.25) is 5.78 Å². The SMILES string of the molecule is CCOc1ccccc1C(=O)OCC(=O)c1c(C)[nH]c2ccccc12. The van der Waals surface area contributed by atoms with E-state index < -0.39 is 5.97 Å². The summed E-state index contributed by atoms with van der Waals surface area (Å²) in [6.45, 7) is 3.80. The molecule has 5 nitrogen and oxygen atoms in total. The number of aromatic nitrogens is 1. The first kappa shape index (κ1) is 16.8. The molecule has 0 fully saturated rings. The summed E-state index contributed by atoms with van der Waals surface area (Å²) in [6, 6.07) is 14.4. The Balaban J connectivity index is 1.76. The van der Waals surface area contributed by atoms with Crippen LogP contribution >= 0.6 is 0 Å². The molecule has 0 saturated carbocycles. The van der Waals surface area contributed by atoms with Crippen molar-refractivity contribution in [1.29, 1.82) is 0 Å². The van der Waals surface area contributed by atoms with Gasteiger partial charge in [0.05, 0.1) is 6.61 Å². The molecule has 128 valence electrons. The first-order valence-corrected chi connectivity index (χ1v) is 8.11. The molecule has 1 aromatic heterocycles. The molecule has 1 N–H and O–H groups in total. The fourth-order valence-corrected chi connectivity index (χ4v) is 2.83. The second kappa shape index (κ2) is 7.21. The lowest BCUT2D eigenvalue weighted by Gasteiger charge is -2.09. The third-order valence-electron chi connectivity index (χ3n) is 3.91. The molecule has 0 spiro atoms. The molecule has 0 atom stereocenters. The number of aromatic amines is 1. The molecule has 3 rings (SSSR count). The number of carbonyl (C=O) groups is 2. The Hall–Kier alpha value is -3.08. The highest BCUT2D eigenvalue weighted by Gasteiger charge is 2.19. The number of H-pyrrole nitrogens is 1. The van der Waals surface area contributed by atoms with Crippen LogP contribution in [0.5, 0.6) is 5.75 Å². The van der Waals surface area contributed by atoms with Crippen LogP contribution < -0.4 is 4.74 Å². The lowest BCUT2D eigenvalue weighted by molar-refractivity contribution is 0.0471. The average Bonchev–Trinajstić information content (AvgIpc) is 2.96. The third-order valence-corrected chi connectivity index (χ3v) is 3.91. The van der Waals surface area contributed by atoms with Gasteiger partial charge in [-0.1, -0.05) is 30.3 Å². The van der Waals surface area contributed by atoms with E-state index in [9.17, 15) is 9.59 Å². The fraction of sp³-hybridized carbons (Fsp3) is 0.200. The van der Waals surface area contributed by atoms with Crippen molar-refractivity contribution in [2.24, 2.45) is 0 Å². The molecule has 0 bridgehead atoms. The smallest absolute Gasteiger partial charge is 0.342 e. The number of carbonyl (C=O) groups excluding carboxylic acids is 2. The van der Waals surface area contributed by atoms with Crippen molar-refractivity contribution < 1.29 is 19.1 Å². The summed E-state index contributed by atoms with van der Waals surface area (Å²) in [6.07, 6.45) is 0. The average molecular weight is 337 g/mol. The monoisotopic (exact) mass is 337 g/mol. The van der Waals surface area contributed by atoms with Crippen molar-refractivity contribution in [1.82, 2.24) is 4.98 Å². The zero-order chi connectivity index (χ0) is 17.8. The number of esters is 1. The predicted molar refractivity (Wildman–Crippen MR) is 95.3 cm³/mol. The Labute approximate surface area is 145 Å². The summed E-state index contributed by atoms with van der Waals surface area (Å²) in [4.78, 5) is 28.0. The van der Waals surface area contributed by atoms with E-state index in [0.29, 0.717) is 23.5 Å². The summed E-state index contributed by atoms with van der Waals surface area (Å²) >= 11 is 0. The normalized spacial score (nSPS) is 10.6. The molecule has 1 heterocycles. The van der Waals surface area contributed by atoms with Crippen LogP contribution in [0.2, 0.25) is 0 Å². The predicted octanol–water partition coefficient (Wildman–Crippen LogP) is 3.91. The van der Waals surface area contributed by atoms with E-state index in [4.69, 9.17) is 9.47 Å². The molecule has 0 saturated heterocycles. The number of nitrogens with one attached hydrogen (secondary N) is 1. The van der Waals surface area contributed by atoms with Crippen LogP contribution in [0.15, 0.2) is 48.5 Å². The number of fused-ring (bicyclic) bond motifs is 1. The van der Waals surface area contributed by atoms with E-state index in [0.717, 1.165) is 16.6 Å². The van der Waals surface area contributed by atoms with Crippen LogP contribution in [-0.4, -0.2) is 30.0 Å². The minimum absolute atomic E-state index is 0.239. The number of hydrogen-bond acceptors (Lipinski definition) is 4. The van der Waals surface area contributed by atoms with Gasteiger partial charge in [0, 0.05) is 22.2 Å². The molecule has 3 aromatic rings. The van der Waals surface area contributed by atoms with Gasteiger partial charge in [-0.05, 0) is 32.0 Å². The Morgan fingerprint density at radius 2 is 1.76 bits per heavy atom. The highest BCUT2D eigenvalue weighted by Crippen LogP contribution is 2.23. The Morgan fingerprint density at radius 1 is 1.04 bits per heavy atom. The van der Waals surface area contributed by atoms with Crippen molar-refractivity contribution >= 4 is 22.7 Å². The van der Waals surface area contributed by atoms with Gasteiger partial charge >= 0.3 is 5.97 Å². The van der Waals surface area contributed by atoms with Gasteiger partial charge in [-0.25, -0.2) is 4.79 Å². The van der Waals surface area contributed by atoms with Gasteiger partial charge < -0.3 is 14.5 Å². The van der Waals surface area contributed by atoms with Crippen molar-refractivity contribution in [2.75, 3.05) is 13.2 Å². The minimum Gasteiger partial charge on any atom is -0.493 e. The maximum Gasteiger partial charge on any atom is 0.342 e. The number of ketones is 1. The van der Waals surface area contributed by atoms with Crippen molar-refractivity contribution in [3.63, 3.8) is 0 Å². The van der Waals surface area contributed by atoms with E-state index >= 15 is 0 Å². The maximum atomic E-state index is 12.6. The standard InChI is InChI=1S/C20H19NO4/c1-3-24-18-11-7-5-9-15(18)20(23)25-12-17(22)19-13(2)21-16-10-6-4-8-14(16)19/h4-11,21H,3,12H2,1-2H3. The van der Waals surface area contributed by atoms with Gasteiger partial charge in [0.15, 0.2) is 6.61 Å². The highest BCUT2D eigenvalue weighted by atomic mass is 16.5. The zero-order valence-electron chi connectivity index (χ0n) is 14.2. The zero-order valence-corrected chi connectivity index (χ0v) is 14.2. The Kier molecular flexibility index (Phi) is 4.84. The van der Waals surface area contributed by atoms with Crippen molar-refractivity contribution in [3.05, 3.63) is 65.4 Å². The second-order valence-electron chi connectivity index (χ2n) is 5.60. The van der Waals surface area contributed by atoms with Gasteiger partial charge in [0.1, 0.15) is 11.3 Å². The van der Waals surface area contributed by atoms with Crippen LogP contribution in [-0.2, 0) is 4.74 Å². The lowest BCUT2D eigenvalue weighted by atomic mass is 10.1. The van der Waals surface area contributed by atoms with E-state index in [1.54, 1.807) is 24.3 Å². The quantitative estimate of drug-likeness (QED) is 0.547. The van der Waals surface area contributed by atoms with Crippen LogP contribution in [0.25, 0.3) is 10.9 Å². The molecule has 0 radical (unpaired) electrons. The van der Waals surface area contributed by atoms with Gasteiger partial charge in [-0.3, -0.25) is 4.79 Å². The summed E-state index contributed by atoms with van der Waals surface area (Å²) in [5.41, 5.74) is 2.52. The summed E-state index contributed by atoms with van der Waals surface area (Å²) in [5.74, 6) is -0.363. The number of aryl methyl sites for hydroxylation is 1. The molecule has 5 heteroatoms. The number of benzene rings is 2. The van der Waals surface area contributed by atoms with Gasteiger partial charge in [-0.2, -0.15) is 0 Å². The molecule has 0 amide bonds. The number of ether oxygens (including phenoxy) is 2. The largest absolute Gasteiger partial charge is 0.493 e. The summed E-state index contributed by atoms with van der Waals surface area (Å²) in [7, 11) is 0. The van der Waals surface area contributed by atoms with Crippen LogP contribution in [0.4, 0.5) is 0 Å². The number of rotatable bonds is 6. The summed E-state index contributed by atoms with van der Waals surface area (Å²) < 4.78 is 10.6. The lowest BCUT2D eigenvalue weighted by Crippen LogP contribution is -2.15. The van der Waals surface area contributed by atoms with E-state index in [2.05, 4.69) is 4.98 Å². The molecule has 0 unspecified atom stereocenters. The maximum absolute atomic E-state index is 12.6. The van der Waals surface area contributed by atoms with Crippen molar-refractivity contribution in [3.8, 4) is 5.75 Å². The Morgan fingerprint density at radius 3 is 2.56 bits per heavy atom. The topological polar surface area (TPSA) is 68.4 Å². The van der Waals surface area contributed by atoms with E-state index in [-0.39, 0.29) is 12.4 Å². The first-order valence-electron chi connectivity index (χ1n) is 8.11. The van der Waals surface area contributed by atoms with Crippen LogP contribution in [0, 0.1) is 6.92 Å². The van der Waals surface area contributed by atoms with Crippen LogP contribution in [0.1, 0.15) is 33.3 Å². The third kappa shape index (κ3) is 3.40. The van der Waals surface area contributed by atoms with Crippen LogP contribution in [0.3, 0.4) is 0 Å². The molecule has 2 aromatic carbocycles. The minimum atomic E-state index is -0.574. The van der Waals surface area contributed by atoms with E-state index in [1.165, 1.54) is 0 Å². The number of hydrogen-bond donors (Lipinski definition) is 1. The van der Waals surface area contributed by atoms with Gasteiger partial charge in [-0.15, -0.1) is 0 Å². The highest BCUT2D eigenvalue weighted by molar-refractivity contribution is 6.10. The van der Waals surface area contributed by atoms with Gasteiger partial charge in [0.25, 0.3) is 0 Å².